The SMILES string of the molecule is Cc1ccccc1OCC1CN(CC(O)COCc2ccccc2)CCO1. The molecule has 5 nitrogen and oxygen atoms in total. The highest BCUT2D eigenvalue weighted by molar-refractivity contribution is 5.31. The number of morpholine rings is 1. The molecule has 0 spiro atoms. The monoisotopic (exact) mass is 371 g/mol. The van der Waals surface area contributed by atoms with E-state index in [1.54, 1.807) is 0 Å². The number of hydrogen-bond donors (Lipinski definition) is 1. The Hall–Kier alpha value is -1.92. The van der Waals surface area contributed by atoms with Gasteiger partial charge in [-0.25, -0.2) is 0 Å². The Morgan fingerprint density at radius 2 is 1.93 bits per heavy atom. The number of rotatable bonds is 9. The third-order valence-electron chi connectivity index (χ3n) is 4.63. The van der Waals surface area contributed by atoms with Gasteiger partial charge in [-0.2, -0.15) is 0 Å². The average molecular weight is 371 g/mol. The van der Waals surface area contributed by atoms with Crippen molar-refractivity contribution < 1.29 is 19.3 Å². The second kappa shape index (κ2) is 10.4. The molecule has 0 aliphatic carbocycles. The first kappa shape index (κ1) is 19.8. The number of ether oxygens (including phenoxy) is 3. The maximum absolute atomic E-state index is 10.3. The van der Waals surface area contributed by atoms with Gasteiger partial charge < -0.3 is 19.3 Å². The number of nitrogens with zero attached hydrogens (tertiary/aromatic N) is 1. The van der Waals surface area contributed by atoms with Crippen LogP contribution in [0.3, 0.4) is 0 Å². The van der Waals surface area contributed by atoms with E-state index < -0.39 is 6.10 Å². The normalized spacial score (nSPS) is 19.0. The van der Waals surface area contributed by atoms with Crippen LogP contribution in [-0.2, 0) is 16.1 Å². The molecule has 5 heteroatoms. The molecule has 3 rings (SSSR count). The first-order valence-corrected chi connectivity index (χ1v) is 9.53. The number of hydrogen-bond acceptors (Lipinski definition) is 5. The Kier molecular flexibility index (Phi) is 7.66. The summed E-state index contributed by atoms with van der Waals surface area (Å²) in [6, 6.07) is 18.0. The minimum atomic E-state index is -0.509. The van der Waals surface area contributed by atoms with E-state index in [2.05, 4.69) is 4.90 Å². The van der Waals surface area contributed by atoms with Crippen molar-refractivity contribution in [3.63, 3.8) is 0 Å². The molecule has 0 amide bonds. The van der Waals surface area contributed by atoms with Crippen LogP contribution in [0, 0.1) is 6.92 Å². The van der Waals surface area contributed by atoms with Gasteiger partial charge in [0.05, 0.1) is 25.9 Å². The van der Waals surface area contributed by atoms with E-state index in [9.17, 15) is 5.11 Å². The first-order valence-electron chi connectivity index (χ1n) is 9.53. The van der Waals surface area contributed by atoms with Gasteiger partial charge in [0.15, 0.2) is 0 Å². The van der Waals surface area contributed by atoms with Crippen LogP contribution in [0.4, 0.5) is 0 Å². The fourth-order valence-corrected chi connectivity index (χ4v) is 3.19. The van der Waals surface area contributed by atoms with Crippen LogP contribution in [0.15, 0.2) is 54.6 Å². The van der Waals surface area contributed by atoms with Gasteiger partial charge in [0.1, 0.15) is 18.5 Å². The largest absolute Gasteiger partial charge is 0.491 e. The Balaban J connectivity index is 1.36. The van der Waals surface area contributed by atoms with E-state index in [0.29, 0.717) is 33.0 Å². The second-order valence-electron chi connectivity index (χ2n) is 6.98. The van der Waals surface area contributed by atoms with Crippen LogP contribution in [-0.4, -0.2) is 61.7 Å². The molecule has 146 valence electrons. The molecule has 1 aliphatic heterocycles. The Labute approximate surface area is 161 Å². The summed E-state index contributed by atoms with van der Waals surface area (Å²) in [5, 5.41) is 10.3. The highest BCUT2D eigenvalue weighted by Gasteiger charge is 2.23. The third-order valence-corrected chi connectivity index (χ3v) is 4.63. The van der Waals surface area contributed by atoms with Crippen LogP contribution in [0.2, 0.25) is 0 Å². The number of aliphatic hydroxyl groups is 1. The Morgan fingerprint density at radius 1 is 1.15 bits per heavy atom. The topological polar surface area (TPSA) is 51.2 Å². The van der Waals surface area contributed by atoms with E-state index in [1.807, 2.05) is 61.5 Å². The predicted molar refractivity (Wildman–Crippen MR) is 105 cm³/mol. The lowest BCUT2D eigenvalue weighted by Gasteiger charge is -2.34. The fourth-order valence-electron chi connectivity index (χ4n) is 3.19. The lowest BCUT2D eigenvalue weighted by atomic mass is 10.2. The van der Waals surface area contributed by atoms with E-state index >= 15 is 0 Å². The molecule has 0 radical (unpaired) electrons. The van der Waals surface area contributed by atoms with Crippen molar-refractivity contribution in [3.05, 3.63) is 65.7 Å². The zero-order valence-electron chi connectivity index (χ0n) is 15.9. The van der Waals surface area contributed by atoms with Gasteiger partial charge in [0.25, 0.3) is 0 Å². The van der Waals surface area contributed by atoms with Crippen LogP contribution < -0.4 is 4.74 Å². The van der Waals surface area contributed by atoms with Crippen LogP contribution in [0.5, 0.6) is 5.75 Å². The van der Waals surface area contributed by atoms with Crippen molar-refractivity contribution in [1.82, 2.24) is 4.90 Å². The molecule has 2 aromatic rings. The van der Waals surface area contributed by atoms with Gasteiger partial charge in [0.2, 0.25) is 0 Å². The molecular formula is C22H29NO4. The van der Waals surface area contributed by atoms with Crippen molar-refractivity contribution >= 4 is 0 Å². The van der Waals surface area contributed by atoms with Gasteiger partial charge in [-0.1, -0.05) is 48.5 Å². The third kappa shape index (κ3) is 6.63. The number of β-amino-alcohol motifs (C(OH)–C–C–N with tert-alkyl or cyclic N) is 1. The molecule has 0 aromatic heterocycles. The minimum Gasteiger partial charge on any atom is -0.491 e. The molecule has 1 saturated heterocycles. The maximum atomic E-state index is 10.3. The van der Waals surface area contributed by atoms with Crippen molar-refractivity contribution in [3.8, 4) is 5.75 Å². The molecule has 1 N–H and O–H groups in total. The second-order valence-corrected chi connectivity index (χ2v) is 6.98. The van der Waals surface area contributed by atoms with Crippen LogP contribution in [0.1, 0.15) is 11.1 Å². The molecular weight excluding hydrogens is 342 g/mol. The molecule has 27 heavy (non-hydrogen) atoms. The highest BCUT2D eigenvalue weighted by Crippen LogP contribution is 2.17. The van der Waals surface area contributed by atoms with Crippen molar-refractivity contribution in [1.29, 1.82) is 0 Å². The average Bonchev–Trinajstić information content (AvgIpc) is 2.68. The quantitative estimate of drug-likeness (QED) is 0.734. The molecule has 2 atom stereocenters. The van der Waals surface area contributed by atoms with Gasteiger partial charge in [0, 0.05) is 19.6 Å². The van der Waals surface area contributed by atoms with Gasteiger partial charge >= 0.3 is 0 Å². The summed E-state index contributed by atoms with van der Waals surface area (Å²) >= 11 is 0. The summed E-state index contributed by atoms with van der Waals surface area (Å²) in [6.07, 6.45) is -0.499. The fraction of sp³-hybridized carbons (Fsp3) is 0.455. The molecule has 0 bridgehead atoms. The minimum absolute atomic E-state index is 0.00999. The smallest absolute Gasteiger partial charge is 0.122 e. The number of aryl methyl sites for hydroxylation is 1. The molecule has 1 fully saturated rings. The zero-order chi connectivity index (χ0) is 18.9. The summed E-state index contributed by atoms with van der Waals surface area (Å²) in [5.74, 6) is 0.896. The van der Waals surface area contributed by atoms with Crippen molar-refractivity contribution in [2.75, 3.05) is 39.5 Å². The summed E-state index contributed by atoms with van der Waals surface area (Å²) in [7, 11) is 0. The van der Waals surface area contributed by atoms with Gasteiger partial charge in [-0.3, -0.25) is 4.90 Å². The van der Waals surface area contributed by atoms with Crippen molar-refractivity contribution in [2.45, 2.75) is 25.7 Å². The molecule has 2 unspecified atom stereocenters. The first-order chi connectivity index (χ1) is 13.2. The summed E-state index contributed by atoms with van der Waals surface area (Å²) < 4.78 is 17.4. The maximum Gasteiger partial charge on any atom is 0.122 e. The van der Waals surface area contributed by atoms with E-state index in [0.717, 1.165) is 30.0 Å². The molecule has 0 saturated carbocycles. The predicted octanol–water partition coefficient (Wildman–Crippen LogP) is 2.65. The van der Waals surface area contributed by atoms with E-state index in [-0.39, 0.29) is 6.10 Å². The zero-order valence-corrected chi connectivity index (χ0v) is 15.9. The summed E-state index contributed by atoms with van der Waals surface area (Å²) in [5.41, 5.74) is 2.24. The number of para-hydroxylation sites is 1. The number of benzene rings is 2. The van der Waals surface area contributed by atoms with Crippen LogP contribution >= 0.6 is 0 Å². The lowest BCUT2D eigenvalue weighted by molar-refractivity contribution is -0.0655. The molecule has 2 aromatic carbocycles. The van der Waals surface area contributed by atoms with Gasteiger partial charge in [-0.15, -0.1) is 0 Å². The van der Waals surface area contributed by atoms with E-state index in [1.165, 1.54) is 0 Å². The van der Waals surface area contributed by atoms with E-state index in [4.69, 9.17) is 14.2 Å². The van der Waals surface area contributed by atoms with Crippen LogP contribution in [0.25, 0.3) is 0 Å². The molecule has 1 aliphatic rings. The Morgan fingerprint density at radius 3 is 2.74 bits per heavy atom. The molecule has 1 heterocycles. The number of aliphatic hydroxyl groups excluding tert-OH is 1. The lowest BCUT2D eigenvalue weighted by Crippen LogP contribution is -2.48. The van der Waals surface area contributed by atoms with Gasteiger partial charge in [-0.05, 0) is 24.1 Å². The van der Waals surface area contributed by atoms with Crippen molar-refractivity contribution in [2.24, 2.45) is 0 Å². The summed E-state index contributed by atoms with van der Waals surface area (Å²) in [6.45, 7) is 6.21. The standard InChI is InChI=1S/C22H29NO4/c1-18-7-5-6-10-22(18)27-17-21-14-23(11-12-26-21)13-20(24)16-25-15-19-8-3-2-4-9-19/h2-10,20-21,24H,11-17H2,1H3. The Bertz CT molecular complexity index is 679. The summed E-state index contributed by atoms with van der Waals surface area (Å²) in [4.78, 5) is 2.21. The highest BCUT2D eigenvalue weighted by atomic mass is 16.5.